The first kappa shape index (κ1) is 113. The average Bonchev–Trinajstić information content (AvgIpc) is 1.62. The highest BCUT2D eigenvalue weighted by Crippen LogP contribution is 2.38. The molecule has 8 aromatic heterocycles. The van der Waals surface area contributed by atoms with Crippen LogP contribution in [-0.2, 0) is 138 Å². The van der Waals surface area contributed by atoms with Gasteiger partial charge in [-0.1, -0.05) is 72.8 Å². The van der Waals surface area contributed by atoms with Crippen molar-refractivity contribution in [3.63, 3.8) is 0 Å². The number of nitrogens with one attached hydrogen (secondary N) is 5. The number of pyridine rings is 4. The van der Waals surface area contributed by atoms with E-state index in [1.54, 1.807) is 67.5 Å². The summed E-state index contributed by atoms with van der Waals surface area (Å²) in [6.07, 6.45) is -0.318. The van der Waals surface area contributed by atoms with Crippen molar-refractivity contribution in [3.8, 4) is 0 Å². The summed E-state index contributed by atoms with van der Waals surface area (Å²) in [6.45, 7) is 38.5. The van der Waals surface area contributed by atoms with Gasteiger partial charge in [-0.3, -0.25) is 28.8 Å². The van der Waals surface area contributed by atoms with Crippen molar-refractivity contribution >= 4 is 146 Å². The molecule has 12 rings (SSSR count). The third kappa shape index (κ3) is 35.4. The molecule has 0 saturated carbocycles. The molecule has 141 heavy (non-hydrogen) atoms. The maximum atomic E-state index is 14.7. The highest BCUT2D eigenvalue weighted by molar-refractivity contribution is 6.13. The van der Waals surface area contributed by atoms with Crippen LogP contribution >= 0.6 is 0 Å². The zero-order valence-electron chi connectivity index (χ0n) is 84.2. The second-order valence-electron chi connectivity index (χ2n) is 35.4. The number of hydrogen-bond donors (Lipinski definition) is 9. The number of halogens is 1. The summed E-state index contributed by atoms with van der Waals surface area (Å²) in [5.74, 6) is 1.38. The molecular formula is C101H142FN17O22. The van der Waals surface area contributed by atoms with Crippen molar-refractivity contribution in [2.45, 2.75) is 224 Å². The van der Waals surface area contributed by atoms with Gasteiger partial charge in [-0.15, -0.1) is 0 Å². The number of para-hydroxylation sites is 4. The van der Waals surface area contributed by atoms with Crippen LogP contribution in [-0.4, -0.2) is 281 Å². The lowest BCUT2D eigenvalue weighted by Gasteiger charge is -2.21. The normalized spacial score (nSPS) is 12.2. The van der Waals surface area contributed by atoms with Crippen molar-refractivity contribution in [2.75, 3.05) is 160 Å². The van der Waals surface area contributed by atoms with Gasteiger partial charge in [0.25, 0.3) is 11.8 Å². The van der Waals surface area contributed by atoms with Gasteiger partial charge in [0.1, 0.15) is 91.6 Å². The van der Waals surface area contributed by atoms with Crippen LogP contribution in [0.25, 0.3) is 87.7 Å². The molecule has 770 valence electrons. The first-order valence-corrected chi connectivity index (χ1v) is 48.1. The fourth-order valence-electron chi connectivity index (χ4n) is 14.9. The van der Waals surface area contributed by atoms with Gasteiger partial charge in [-0.25, -0.2) is 44.3 Å². The Kier molecular flexibility index (Phi) is 45.4. The van der Waals surface area contributed by atoms with Gasteiger partial charge in [-0.05, 0) is 148 Å². The summed E-state index contributed by atoms with van der Waals surface area (Å²) < 4.78 is 86.9. The molecule has 1 atom stereocenters. The van der Waals surface area contributed by atoms with E-state index in [1.807, 2.05) is 159 Å². The SMILES string of the molecule is CCOCCOCC(=O)CCCC(=O)Nc1nc2ccccc2c2c1nc(COCC)n2CC(C)(C)O.CCOCCOCC(=O)NC[C@@H](F)C(=O)Nc1nc2ccccc2c2c1nc(COCC)n2CC(C)(C)O.CCOCCOCC(=O)Nc1nc2ccccc2c2c1nc(COCC)n2CC(C)(C)O.CCOCCOCCCC(=O)Nc1nc2ccccc2c2c1nc(COCC)n2CC(C)(C)O. The summed E-state index contributed by atoms with van der Waals surface area (Å²) in [5.41, 5.74) is 3.72. The molecule has 8 heterocycles. The molecular weight excluding hydrogens is 1820 g/mol. The van der Waals surface area contributed by atoms with Gasteiger partial charge < -0.3 is 122 Å². The number of alkyl halides is 1. The predicted molar refractivity (Wildman–Crippen MR) is 536 cm³/mol. The van der Waals surface area contributed by atoms with E-state index < -0.39 is 46.9 Å². The Balaban J connectivity index is 0.000000210. The summed E-state index contributed by atoms with van der Waals surface area (Å²) in [5, 5.41) is 59.2. The van der Waals surface area contributed by atoms with Gasteiger partial charge in [0.15, 0.2) is 35.2 Å². The fourth-order valence-corrected chi connectivity index (χ4v) is 14.9. The van der Waals surface area contributed by atoms with Crippen molar-refractivity contribution in [3.05, 3.63) is 120 Å². The minimum atomic E-state index is -2.04. The lowest BCUT2D eigenvalue weighted by molar-refractivity contribution is -0.127. The zero-order valence-corrected chi connectivity index (χ0v) is 84.2. The molecule has 0 unspecified atom stereocenters. The number of carbonyl (C=O) groups is 6. The molecule has 0 saturated heterocycles. The van der Waals surface area contributed by atoms with Crippen molar-refractivity contribution in [1.82, 2.24) is 63.5 Å². The van der Waals surface area contributed by atoms with E-state index in [1.165, 1.54) is 0 Å². The number of aliphatic hydroxyl groups is 4. The van der Waals surface area contributed by atoms with Crippen molar-refractivity contribution in [2.24, 2.45) is 0 Å². The first-order valence-electron chi connectivity index (χ1n) is 48.1. The van der Waals surface area contributed by atoms with E-state index in [4.69, 9.17) is 76.8 Å². The van der Waals surface area contributed by atoms with E-state index in [9.17, 15) is 53.6 Å². The largest absolute Gasteiger partial charge is 0.389 e. The van der Waals surface area contributed by atoms with E-state index >= 15 is 0 Å². The number of anilines is 4. The van der Waals surface area contributed by atoms with Gasteiger partial charge >= 0.3 is 0 Å². The second-order valence-corrected chi connectivity index (χ2v) is 35.4. The maximum absolute atomic E-state index is 14.7. The van der Waals surface area contributed by atoms with E-state index in [2.05, 4.69) is 46.5 Å². The topological polar surface area (TPSA) is 477 Å². The molecule has 40 heteroatoms. The number of carbonyl (C=O) groups excluding carboxylic acids is 6. The van der Waals surface area contributed by atoms with E-state index in [-0.39, 0.29) is 95.0 Å². The number of rotatable bonds is 57. The Hall–Kier alpha value is -11.3. The number of aromatic nitrogens is 12. The van der Waals surface area contributed by atoms with Crippen LogP contribution in [0.1, 0.15) is 166 Å². The number of imidazole rings is 4. The molecule has 5 amide bonds. The summed E-state index contributed by atoms with van der Waals surface area (Å²) in [4.78, 5) is 112. The number of ether oxygens (including phenoxy) is 12. The smallest absolute Gasteiger partial charge is 0.261 e. The minimum Gasteiger partial charge on any atom is -0.389 e. The zero-order chi connectivity index (χ0) is 102. The number of benzene rings is 4. The molecule has 39 nitrogen and oxygen atoms in total. The number of ketones is 1. The highest BCUT2D eigenvalue weighted by atomic mass is 19.1. The summed E-state index contributed by atoms with van der Waals surface area (Å²) in [6, 6.07) is 30.3. The van der Waals surface area contributed by atoms with Crippen LogP contribution in [0.15, 0.2) is 97.1 Å². The van der Waals surface area contributed by atoms with Crippen LogP contribution < -0.4 is 26.6 Å². The van der Waals surface area contributed by atoms with Crippen molar-refractivity contribution < 1.29 is 110 Å². The van der Waals surface area contributed by atoms with Crippen LogP contribution in [0.3, 0.4) is 0 Å². The molecule has 0 aliphatic heterocycles. The quantitative estimate of drug-likeness (QED) is 0.0160. The molecule has 12 aromatic rings. The van der Waals surface area contributed by atoms with Gasteiger partial charge in [-0.2, -0.15) is 0 Å². The Morgan fingerprint density at radius 1 is 0.319 bits per heavy atom. The molecule has 0 spiro atoms. The van der Waals surface area contributed by atoms with Gasteiger partial charge in [0.2, 0.25) is 17.7 Å². The van der Waals surface area contributed by atoms with Gasteiger partial charge in [0.05, 0.1) is 152 Å². The number of nitrogens with zero attached hydrogens (tertiary/aromatic N) is 12. The summed E-state index contributed by atoms with van der Waals surface area (Å²) in [7, 11) is 0. The third-order valence-corrected chi connectivity index (χ3v) is 20.9. The Labute approximate surface area is 820 Å². The average molecular weight is 1970 g/mol. The van der Waals surface area contributed by atoms with Crippen molar-refractivity contribution in [1.29, 1.82) is 0 Å². The number of fused-ring (bicyclic) bond motifs is 12. The van der Waals surface area contributed by atoms with Crippen LogP contribution in [0.5, 0.6) is 0 Å². The highest BCUT2D eigenvalue weighted by Gasteiger charge is 2.31. The molecule has 0 aliphatic carbocycles. The number of hydrogen-bond acceptors (Lipinski definition) is 30. The Morgan fingerprint density at radius 3 is 0.901 bits per heavy atom. The maximum Gasteiger partial charge on any atom is 0.261 e. The number of Topliss-reactive ketones (excluding diaryl/α,β-unsaturated/α-hetero) is 1. The molecule has 0 bridgehead atoms. The van der Waals surface area contributed by atoms with Crippen LogP contribution in [0, 0.1) is 0 Å². The fraction of sp³-hybridized carbons (Fsp3) is 0.545. The monoisotopic (exact) mass is 1960 g/mol. The molecule has 4 aromatic carbocycles. The second kappa shape index (κ2) is 56.5. The Morgan fingerprint density at radius 2 is 0.589 bits per heavy atom. The van der Waals surface area contributed by atoms with Crippen LogP contribution in [0.2, 0.25) is 0 Å². The standard InChI is InChI=1S/C27H38N4O6.C26H36FN5O6.C25H36N4O5.C23H32N4O5/c1-5-35-14-15-37-16-19(32)10-9-13-23(33)30-26-24-25(20-11-7-8-12-21(20)28-26)31(18-27(3,4)34)22(29-24)17-36-6-2;1-5-36-11-12-38-15-21(33)28-13-18(27)25(34)31-24-22-23(17-9-7-8-10-19(17)29-24)32(16-26(3,4)35)20(30-22)14-37-6-2;1-5-32-14-15-34-13-9-12-21(30)28-24-22-23(18-10-7-8-11-19(18)26-24)29(17-25(3,4)31)20(27-22)16-33-6-2;1-5-30-11-12-32-14-19(28)26-22-20-21(16-9-7-8-10-17(16)24-22)27(15-23(3,4)29)18(25-20)13-31-6-2/h7-8,11-12,34H,5-6,9-10,13-18H2,1-4H3,(H,28,30,33);7-10,18,35H,5-6,11-16H2,1-4H3,(H,28,33)(H,29,31,34);7-8,10-11,31H,5-6,9,12-17H2,1-4H3,(H,26,28,30);7-10,29H,5-6,11-15H2,1-4H3,(H,24,26,28)/t;18-;;/m.1../s1. The first-order chi connectivity index (χ1) is 67.5. The minimum absolute atomic E-state index is 0.0167. The third-order valence-electron chi connectivity index (χ3n) is 20.9. The molecule has 9 N–H and O–H groups in total. The lowest BCUT2D eigenvalue weighted by atomic mass is 10.1. The Bertz CT molecular complexity index is 6040. The number of amides is 5. The lowest BCUT2D eigenvalue weighted by Crippen LogP contribution is -2.38. The van der Waals surface area contributed by atoms with Crippen LogP contribution in [0.4, 0.5) is 27.7 Å². The molecule has 0 radical (unpaired) electrons. The molecule has 0 aliphatic rings. The predicted octanol–water partition coefficient (Wildman–Crippen LogP) is 12.5. The summed E-state index contributed by atoms with van der Waals surface area (Å²) >= 11 is 0. The molecule has 0 fully saturated rings. The van der Waals surface area contributed by atoms with E-state index in [0.717, 1.165) is 43.6 Å². The van der Waals surface area contributed by atoms with E-state index in [0.29, 0.717) is 236 Å². The van der Waals surface area contributed by atoms with Gasteiger partial charge in [0, 0.05) is 100 Å².